The fraction of sp³-hybridized carbons (Fsp3) is 0.500. The molecule has 1 amide bonds. The zero-order chi connectivity index (χ0) is 53.0. The molecule has 2 aliphatic heterocycles. The Bertz CT molecular complexity index is 2570. The number of hydrogen-bond donors (Lipinski definition) is 3. The van der Waals surface area contributed by atoms with E-state index in [2.05, 4.69) is 5.32 Å². The van der Waals surface area contributed by atoms with E-state index in [4.69, 9.17) is 42.6 Å². The number of benzene rings is 3. The molecule has 19 nitrogen and oxygen atoms in total. The third kappa shape index (κ3) is 11.5. The summed E-state index contributed by atoms with van der Waals surface area (Å²) in [4.78, 5) is 97.9. The highest BCUT2D eigenvalue weighted by Crippen LogP contribution is 2.59. The van der Waals surface area contributed by atoms with Crippen LogP contribution >= 0.6 is 0 Å². The molecule has 0 aromatic heterocycles. The molecule has 2 saturated heterocycles. The van der Waals surface area contributed by atoms with Crippen LogP contribution in [0.5, 0.6) is 0 Å². The first kappa shape index (κ1) is 54.3. The van der Waals surface area contributed by atoms with Gasteiger partial charge in [0, 0.05) is 43.6 Å². The van der Waals surface area contributed by atoms with Gasteiger partial charge < -0.3 is 58.2 Å². The maximum absolute atomic E-state index is 15.6. The van der Waals surface area contributed by atoms with E-state index in [1.165, 1.54) is 32.9 Å². The second kappa shape index (κ2) is 21.9. The lowest BCUT2D eigenvalue weighted by molar-refractivity contribution is -0.221. The average Bonchev–Trinajstić information content (AvgIpc) is 3.65. The topological polar surface area (TPSA) is 255 Å². The number of rotatable bonds is 14. The van der Waals surface area contributed by atoms with Gasteiger partial charge in [0.05, 0.1) is 36.4 Å². The first-order valence-corrected chi connectivity index (χ1v) is 24.1. The second-order valence-corrected chi connectivity index (χ2v) is 20.0. The number of hydrogen-bond acceptors (Lipinski definition) is 18. The molecule has 1 saturated carbocycles. The number of aliphatic hydroxyl groups is 2. The molecule has 3 fully saturated rings. The maximum atomic E-state index is 15.6. The van der Waals surface area contributed by atoms with Crippen LogP contribution in [0.25, 0.3) is 0 Å². The fourth-order valence-corrected chi connectivity index (χ4v) is 10.4. The van der Waals surface area contributed by atoms with Gasteiger partial charge in [-0.3, -0.25) is 19.2 Å². The molecule has 3 aromatic carbocycles. The summed E-state index contributed by atoms with van der Waals surface area (Å²) in [5.74, 6) is -7.64. The van der Waals surface area contributed by atoms with Crippen LogP contribution in [0.4, 0.5) is 4.79 Å². The summed E-state index contributed by atoms with van der Waals surface area (Å²) < 4.78 is 52.8. The molecule has 0 unspecified atom stereocenters. The highest BCUT2D eigenvalue weighted by Gasteiger charge is 2.69. The zero-order valence-corrected chi connectivity index (χ0v) is 42.0. The molecular formula is C54H63NO18. The van der Waals surface area contributed by atoms with Gasteiger partial charge in [-0.1, -0.05) is 80.6 Å². The van der Waals surface area contributed by atoms with Crippen molar-refractivity contribution in [3.8, 4) is 0 Å². The van der Waals surface area contributed by atoms with Gasteiger partial charge >= 0.3 is 30.0 Å². The monoisotopic (exact) mass is 1010 g/mol. The summed E-state index contributed by atoms with van der Waals surface area (Å²) in [6.07, 6.45) is -12.7. The van der Waals surface area contributed by atoms with Crippen LogP contribution < -0.4 is 5.32 Å². The Kier molecular flexibility index (Phi) is 16.3. The van der Waals surface area contributed by atoms with Crippen molar-refractivity contribution in [3.05, 3.63) is 119 Å². The average molecular weight is 1010 g/mol. The predicted molar refractivity (Wildman–Crippen MR) is 255 cm³/mol. The standard InChI is InChI=1S/C54H63NO18/c1-30-39(70-49(62)44(71-50(63)67-27-37-28-68-52(6,7)73-37)42(33-18-12-9-13-19-33)55-47(60)34-20-14-10-15-21-34)25-54(64)46(72-48(61)35-22-16-11-17-23-35)38-29-66-36(26-65-31(2)56)24-40(58)53(38,8)45(59)43(69-32(3)57)41(30)51(54,4)5/h9-23,36-40,42-44,46,58,64H,24-29H2,1-8H3,(H,55,60)/t36-,37+,38+,39+,40+,42+,43-,44-,46+,53+,54-/m1/s1. The number of nitrogens with one attached hydrogen (secondary N) is 1. The Morgan fingerprint density at radius 1 is 0.767 bits per heavy atom. The van der Waals surface area contributed by atoms with E-state index >= 15 is 9.59 Å². The Labute approximate surface area is 422 Å². The third-order valence-electron chi connectivity index (χ3n) is 14.4. The first-order valence-electron chi connectivity index (χ1n) is 24.1. The highest BCUT2D eigenvalue weighted by molar-refractivity contribution is 5.96. The van der Waals surface area contributed by atoms with Gasteiger partial charge in [-0.2, -0.15) is 0 Å². The predicted octanol–water partition coefficient (Wildman–Crippen LogP) is 5.30. The molecule has 3 aromatic rings. The molecule has 11 atom stereocenters. The van der Waals surface area contributed by atoms with E-state index in [1.807, 2.05) is 0 Å². The number of Topliss-reactive ketones (excluding diaryl/α,β-unsaturated/α-hetero) is 1. The molecule has 19 heteroatoms. The van der Waals surface area contributed by atoms with E-state index in [9.17, 15) is 34.2 Å². The number of carbonyl (C=O) groups is 7. The Morgan fingerprint density at radius 2 is 1.37 bits per heavy atom. The van der Waals surface area contributed by atoms with E-state index in [-0.39, 0.29) is 48.5 Å². The minimum absolute atomic E-state index is 0.0379. The molecule has 73 heavy (non-hydrogen) atoms. The lowest BCUT2D eigenvalue weighted by Gasteiger charge is -2.59. The lowest BCUT2D eigenvalue weighted by atomic mass is 9.50. The SMILES string of the molecule is CC(=O)OC[C@H]1C[C@H](O)[C@@]2(C)C(=O)[C@H](OC(C)=O)C3=C(C)[C@@H](OC(=O)[C@H](OC(=O)OC[C@H]4COC(C)(C)O4)[C@@H](NC(=O)c4ccccc4)c4ccccc4)C[C@@](O)([C@@H](OC(=O)c4ccccc4)[C@@H]2CO1)C3(C)C. The quantitative estimate of drug-likeness (QED) is 0.105. The van der Waals surface area contributed by atoms with Crippen LogP contribution in [-0.4, -0.2) is 132 Å². The molecular weight excluding hydrogens is 951 g/mol. The van der Waals surface area contributed by atoms with Gasteiger partial charge in [0.1, 0.15) is 43.2 Å². The Balaban J connectivity index is 1.35. The number of ether oxygens (including phenoxy) is 9. The molecule has 0 radical (unpaired) electrons. The second-order valence-electron chi connectivity index (χ2n) is 20.0. The molecule has 0 spiro atoms. The molecule has 2 aliphatic carbocycles. The molecule has 4 aliphatic rings. The number of ketones is 1. The zero-order valence-electron chi connectivity index (χ0n) is 42.0. The summed E-state index contributed by atoms with van der Waals surface area (Å²) >= 11 is 0. The summed E-state index contributed by atoms with van der Waals surface area (Å²) in [5.41, 5.74) is -5.45. The summed E-state index contributed by atoms with van der Waals surface area (Å²) in [7, 11) is 0. The Morgan fingerprint density at radius 3 is 1.96 bits per heavy atom. The van der Waals surface area contributed by atoms with Gasteiger partial charge in [-0.15, -0.1) is 0 Å². The van der Waals surface area contributed by atoms with E-state index in [1.54, 1.807) is 107 Å². The van der Waals surface area contributed by atoms with Gasteiger partial charge in [0.2, 0.25) is 6.10 Å². The van der Waals surface area contributed by atoms with Crippen LogP contribution in [0.15, 0.2) is 102 Å². The van der Waals surface area contributed by atoms with Crippen molar-refractivity contribution in [2.45, 2.75) is 128 Å². The first-order chi connectivity index (χ1) is 34.5. The van der Waals surface area contributed by atoms with Gasteiger partial charge in [0.25, 0.3) is 5.91 Å². The van der Waals surface area contributed by atoms with Crippen molar-refractivity contribution >= 4 is 41.7 Å². The third-order valence-corrected chi connectivity index (χ3v) is 14.4. The molecule has 3 N–H and O–H groups in total. The largest absolute Gasteiger partial charge is 0.509 e. The summed E-state index contributed by atoms with van der Waals surface area (Å²) in [6, 6.07) is 22.6. The van der Waals surface area contributed by atoms with E-state index in [0.29, 0.717) is 5.56 Å². The van der Waals surface area contributed by atoms with Gasteiger partial charge in [-0.25, -0.2) is 14.4 Å². The number of fused-ring (bicyclic) bond motifs is 3. The number of amides is 1. The van der Waals surface area contributed by atoms with Crippen molar-refractivity contribution in [3.63, 3.8) is 0 Å². The minimum atomic E-state index is -2.40. The number of aliphatic hydroxyl groups excluding tert-OH is 1. The van der Waals surface area contributed by atoms with Crippen molar-refractivity contribution in [2.24, 2.45) is 16.7 Å². The van der Waals surface area contributed by atoms with Crippen molar-refractivity contribution in [2.75, 3.05) is 26.4 Å². The van der Waals surface area contributed by atoms with E-state index in [0.717, 1.165) is 6.92 Å². The molecule has 7 rings (SSSR count). The van der Waals surface area contributed by atoms with Crippen molar-refractivity contribution in [1.29, 1.82) is 0 Å². The van der Waals surface area contributed by atoms with Gasteiger partial charge in [-0.05, 0) is 68.7 Å². The minimum Gasteiger partial charge on any atom is -0.463 e. The molecule has 2 bridgehead atoms. The van der Waals surface area contributed by atoms with Crippen LogP contribution in [0.1, 0.15) is 101 Å². The van der Waals surface area contributed by atoms with Crippen LogP contribution in [0.2, 0.25) is 0 Å². The van der Waals surface area contributed by atoms with Gasteiger partial charge in [0.15, 0.2) is 17.7 Å². The summed E-state index contributed by atoms with van der Waals surface area (Å²) in [5, 5.41) is 28.8. The Hall–Kier alpha value is -6.51. The number of esters is 4. The molecule has 392 valence electrons. The van der Waals surface area contributed by atoms with E-state index < -0.39 is 132 Å². The normalized spacial score (nSPS) is 29.1. The highest BCUT2D eigenvalue weighted by atomic mass is 16.8. The lowest BCUT2D eigenvalue weighted by Crippen LogP contribution is -2.70. The summed E-state index contributed by atoms with van der Waals surface area (Å²) in [6.45, 7) is 10.6. The number of carbonyl (C=O) groups excluding carboxylic acids is 7. The van der Waals surface area contributed by atoms with Crippen LogP contribution in [-0.2, 0) is 61.8 Å². The van der Waals surface area contributed by atoms with Crippen molar-refractivity contribution in [1.82, 2.24) is 5.32 Å². The smallest absolute Gasteiger partial charge is 0.463 e. The van der Waals surface area contributed by atoms with Crippen LogP contribution in [0.3, 0.4) is 0 Å². The molecule has 2 heterocycles. The maximum Gasteiger partial charge on any atom is 0.509 e. The fourth-order valence-electron chi connectivity index (χ4n) is 10.4. The van der Waals surface area contributed by atoms with Crippen LogP contribution in [0, 0.1) is 16.7 Å². The van der Waals surface area contributed by atoms with Crippen molar-refractivity contribution < 1.29 is 86.4 Å².